The molecule has 1 N–H and O–H groups in total. The van der Waals surface area contributed by atoms with Crippen molar-refractivity contribution in [2.45, 2.75) is 19.9 Å². The fraction of sp³-hybridized carbons (Fsp3) is 0.333. The lowest BCUT2D eigenvalue weighted by atomic mass is 10.2. The molecule has 1 aromatic carbocycles. The van der Waals surface area contributed by atoms with Crippen molar-refractivity contribution >= 4 is 27.3 Å². The lowest BCUT2D eigenvalue weighted by Gasteiger charge is -2.09. The van der Waals surface area contributed by atoms with Gasteiger partial charge in [0.1, 0.15) is 0 Å². The van der Waals surface area contributed by atoms with Crippen LogP contribution in [0.15, 0.2) is 22.7 Å². The smallest absolute Gasteiger partial charge is 0.283 e. The number of nitrogens with zero attached hydrogens (tertiary/aromatic N) is 1. The number of nitro groups is 1. The number of hydrogen-bond donors (Lipinski definition) is 1. The Morgan fingerprint density at radius 3 is 2.57 bits per heavy atom. The molecule has 0 spiro atoms. The maximum Gasteiger partial charge on any atom is 0.283 e. The van der Waals surface area contributed by atoms with Crippen molar-refractivity contribution in [3.05, 3.63) is 32.8 Å². The third-order valence-corrected chi connectivity index (χ3v) is 2.23. The SMILES string of the molecule is CC(C)Nc1ccc([N+](=O)[O-])c(Br)c1. The van der Waals surface area contributed by atoms with Gasteiger partial charge in [0.05, 0.1) is 9.40 Å². The van der Waals surface area contributed by atoms with E-state index in [0.717, 1.165) is 5.69 Å². The summed E-state index contributed by atoms with van der Waals surface area (Å²) >= 11 is 3.16. The Morgan fingerprint density at radius 2 is 2.14 bits per heavy atom. The minimum Gasteiger partial charge on any atom is -0.383 e. The fourth-order valence-corrected chi connectivity index (χ4v) is 1.60. The van der Waals surface area contributed by atoms with Crippen molar-refractivity contribution in [2.75, 3.05) is 5.32 Å². The highest BCUT2D eigenvalue weighted by molar-refractivity contribution is 9.10. The van der Waals surface area contributed by atoms with Crippen molar-refractivity contribution < 1.29 is 4.92 Å². The number of nitro benzene ring substituents is 1. The van der Waals surface area contributed by atoms with Crippen LogP contribution in [0.4, 0.5) is 11.4 Å². The number of rotatable bonds is 3. The van der Waals surface area contributed by atoms with Crippen LogP contribution in [0.25, 0.3) is 0 Å². The van der Waals surface area contributed by atoms with Gasteiger partial charge in [-0.25, -0.2) is 0 Å². The molecule has 0 amide bonds. The van der Waals surface area contributed by atoms with Crippen molar-refractivity contribution in [1.82, 2.24) is 0 Å². The van der Waals surface area contributed by atoms with E-state index in [4.69, 9.17) is 0 Å². The predicted molar refractivity (Wildman–Crippen MR) is 59.6 cm³/mol. The van der Waals surface area contributed by atoms with Crippen LogP contribution in [0.1, 0.15) is 13.8 Å². The molecule has 1 rings (SSSR count). The topological polar surface area (TPSA) is 55.2 Å². The molecule has 0 radical (unpaired) electrons. The molecule has 0 fully saturated rings. The monoisotopic (exact) mass is 258 g/mol. The summed E-state index contributed by atoms with van der Waals surface area (Å²) in [6.45, 7) is 4.02. The van der Waals surface area contributed by atoms with E-state index in [1.165, 1.54) is 6.07 Å². The molecule has 0 bridgehead atoms. The second kappa shape index (κ2) is 4.41. The number of nitrogens with one attached hydrogen (secondary N) is 1. The average molecular weight is 259 g/mol. The van der Waals surface area contributed by atoms with Crippen LogP contribution in [-0.2, 0) is 0 Å². The van der Waals surface area contributed by atoms with Crippen molar-refractivity contribution in [1.29, 1.82) is 0 Å². The van der Waals surface area contributed by atoms with E-state index >= 15 is 0 Å². The molecule has 0 aromatic heterocycles. The third kappa shape index (κ3) is 2.70. The van der Waals surface area contributed by atoms with Crippen LogP contribution in [-0.4, -0.2) is 11.0 Å². The molecule has 14 heavy (non-hydrogen) atoms. The van der Waals surface area contributed by atoms with E-state index in [0.29, 0.717) is 10.5 Å². The standard InChI is InChI=1S/C9H11BrN2O2/c1-6(2)11-7-3-4-9(12(13)14)8(10)5-7/h3-6,11H,1-2H3. The zero-order valence-electron chi connectivity index (χ0n) is 7.95. The van der Waals surface area contributed by atoms with Gasteiger partial charge in [0, 0.05) is 17.8 Å². The van der Waals surface area contributed by atoms with Gasteiger partial charge >= 0.3 is 0 Å². The molecule has 0 aliphatic rings. The molecule has 0 saturated heterocycles. The lowest BCUT2D eigenvalue weighted by Crippen LogP contribution is -2.09. The van der Waals surface area contributed by atoms with Gasteiger partial charge in [0.15, 0.2) is 0 Å². The number of benzene rings is 1. The van der Waals surface area contributed by atoms with Gasteiger partial charge < -0.3 is 5.32 Å². The normalized spacial score (nSPS) is 10.3. The molecule has 5 heteroatoms. The summed E-state index contributed by atoms with van der Waals surface area (Å²) in [5, 5.41) is 13.7. The highest BCUT2D eigenvalue weighted by Gasteiger charge is 2.11. The quantitative estimate of drug-likeness (QED) is 0.670. The van der Waals surface area contributed by atoms with Crippen LogP contribution in [0.5, 0.6) is 0 Å². The first-order chi connectivity index (χ1) is 6.50. The Kier molecular flexibility index (Phi) is 3.46. The zero-order chi connectivity index (χ0) is 10.7. The summed E-state index contributed by atoms with van der Waals surface area (Å²) in [6, 6.07) is 5.19. The van der Waals surface area contributed by atoms with Gasteiger partial charge in [-0.05, 0) is 41.9 Å². The third-order valence-electron chi connectivity index (χ3n) is 1.60. The van der Waals surface area contributed by atoms with Gasteiger partial charge in [-0.2, -0.15) is 0 Å². The summed E-state index contributed by atoms with van der Waals surface area (Å²) in [4.78, 5) is 10.1. The van der Waals surface area contributed by atoms with Gasteiger partial charge in [0.2, 0.25) is 0 Å². The Bertz CT molecular complexity index is 353. The highest BCUT2D eigenvalue weighted by atomic mass is 79.9. The molecule has 76 valence electrons. The summed E-state index contributed by atoms with van der Waals surface area (Å²) in [5.41, 5.74) is 0.955. The summed E-state index contributed by atoms with van der Waals surface area (Å²) in [7, 11) is 0. The molecular weight excluding hydrogens is 248 g/mol. The van der Waals surface area contributed by atoms with Crippen LogP contribution < -0.4 is 5.32 Å². The molecular formula is C9H11BrN2O2. The largest absolute Gasteiger partial charge is 0.383 e. The van der Waals surface area contributed by atoms with Crippen LogP contribution in [0, 0.1) is 10.1 Å². The summed E-state index contributed by atoms with van der Waals surface area (Å²) in [5.74, 6) is 0. The van der Waals surface area contributed by atoms with Crippen LogP contribution in [0.3, 0.4) is 0 Å². The van der Waals surface area contributed by atoms with Gasteiger partial charge in [-0.3, -0.25) is 10.1 Å². The lowest BCUT2D eigenvalue weighted by molar-refractivity contribution is -0.385. The summed E-state index contributed by atoms with van der Waals surface area (Å²) in [6.07, 6.45) is 0. The van der Waals surface area contributed by atoms with E-state index < -0.39 is 4.92 Å². The minimum absolute atomic E-state index is 0.0827. The van der Waals surface area contributed by atoms with E-state index in [2.05, 4.69) is 21.2 Å². The van der Waals surface area contributed by atoms with Gasteiger partial charge in [-0.15, -0.1) is 0 Å². The second-order valence-corrected chi connectivity index (χ2v) is 4.08. The van der Waals surface area contributed by atoms with E-state index in [1.54, 1.807) is 12.1 Å². The maximum atomic E-state index is 10.5. The Hall–Kier alpha value is -1.10. The minimum atomic E-state index is -0.413. The zero-order valence-corrected chi connectivity index (χ0v) is 9.54. The molecule has 0 heterocycles. The van der Waals surface area contributed by atoms with Gasteiger partial charge in [0.25, 0.3) is 5.69 Å². The summed E-state index contributed by atoms with van der Waals surface area (Å²) < 4.78 is 0.494. The molecule has 0 atom stereocenters. The Balaban J connectivity index is 2.94. The molecule has 4 nitrogen and oxygen atoms in total. The highest BCUT2D eigenvalue weighted by Crippen LogP contribution is 2.27. The first kappa shape index (κ1) is 11.0. The molecule has 0 aliphatic heterocycles. The Morgan fingerprint density at radius 1 is 1.50 bits per heavy atom. The van der Waals surface area contributed by atoms with Crippen molar-refractivity contribution in [2.24, 2.45) is 0 Å². The van der Waals surface area contributed by atoms with E-state index in [9.17, 15) is 10.1 Å². The molecule has 0 saturated carbocycles. The van der Waals surface area contributed by atoms with E-state index in [1.807, 2.05) is 13.8 Å². The first-order valence-electron chi connectivity index (χ1n) is 4.21. The first-order valence-corrected chi connectivity index (χ1v) is 5.00. The van der Waals surface area contributed by atoms with Crippen LogP contribution >= 0.6 is 15.9 Å². The molecule has 0 aliphatic carbocycles. The average Bonchev–Trinajstić information content (AvgIpc) is 2.01. The van der Waals surface area contributed by atoms with Gasteiger partial charge in [-0.1, -0.05) is 0 Å². The fourth-order valence-electron chi connectivity index (χ4n) is 1.08. The van der Waals surface area contributed by atoms with Crippen molar-refractivity contribution in [3.8, 4) is 0 Å². The maximum absolute atomic E-state index is 10.5. The number of hydrogen-bond acceptors (Lipinski definition) is 3. The molecule has 1 aromatic rings. The van der Waals surface area contributed by atoms with Crippen molar-refractivity contribution in [3.63, 3.8) is 0 Å². The van der Waals surface area contributed by atoms with E-state index in [-0.39, 0.29) is 5.69 Å². The second-order valence-electron chi connectivity index (χ2n) is 3.22. The molecule has 0 unspecified atom stereocenters. The Labute approximate surface area is 90.6 Å². The predicted octanol–water partition coefficient (Wildman–Crippen LogP) is 3.18. The number of anilines is 1. The number of halogens is 1. The van der Waals surface area contributed by atoms with Crippen LogP contribution in [0.2, 0.25) is 0 Å².